The Morgan fingerprint density at radius 3 is 2.68 bits per heavy atom. The van der Waals surface area contributed by atoms with Crippen LogP contribution in [0, 0.1) is 0 Å². The van der Waals surface area contributed by atoms with Crippen molar-refractivity contribution in [1.29, 1.82) is 0 Å². The Kier molecular flexibility index (Phi) is 4.77. The van der Waals surface area contributed by atoms with Crippen LogP contribution in [0.4, 0.5) is 4.79 Å². The highest BCUT2D eigenvalue weighted by Crippen LogP contribution is 2.16. The SMILES string of the molecule is C=C(C(=O)O)N1CCC(NC(=O)OCc2ccccc2)C1=O. The lowest BCUT2D eigenvalue weighted by Gasteiger charge is -2.16. The van der Waals surface area contributed by atoms with Gasteiger partial charge in [-0.05, 0) is 12.0 Å². The summed E-state index contributed by atoms with van der Waals surface area (Å²) in [5, 5.41) is 11.3. The van der Waals surface area contributed by atoms with E-state index in [2.05, 4.69) is 11.9 Å². The smallest absolute Gasteiger partial charge is 0.408 e. The van der Waals surface area contributed by atoms with Gasteiger partial charge in [0.05, 0.1) is 0 Å². The molecular formula is C15H16N2O5. The van der Waals surface area contributed by atoms with E-state index in [1.54, 1.807) is 0 Å². The molecule has 1 fully saturated rings. The number of rotatable bonds is 5. The molecule has 1 saturated heterocycles. The number of ether oxygens (including phenoxy) is 1. The summed E-state index contributed by atoms with van der Waals surface area (Å²) >= 11 is 0. The summed E-state index contributed by atoms with van der Waals surface area (Å²) in [6.45, 7) is 3.64. The van der Waals surface area contributed by atoms with Crippen molar-refractivity contribution in [3.8, 4) is 0 Å². The number of alkyl carbamates (subject to hydrolysis) is 1. The minimum Gasteiger partial charge on any atom is -0.477 e. The van der Waals surface area contributed by atoms with E-state index in [1.165, 1.54) is 0 Å². The predicted octanol–water partition coefficient (Wildman–Crippen LogP) is 1.11. The Balaban J connectivity index is 1.84. The molecule has 0 aromatic heterocycles. The van der Waals surface area contributed by atoms with E-state index in [1.807, 2.05) is 30.3 Å². The van der Waals surface area contributed by atoms with Gasteiger partial charge >= 0.3 is 12.1 Å². The van der Waals surface area contributed by atoms with Crippen molar-refractivity contribution in [2.75, 3.05) is 6.54 Å². The molecule has 0 aliphatic carbocycles. The highest BCUT2D eigenvalue weighted by molar-refractivity contribution is 5.96. The monoisotopic (exact) mass is 304 g/mol. The van der Waals surface area contributed by atoms with Gasteiger partial charge in [-0.2, -0.15) is 0 Å². The number of hydrogen-bond acceptors (Lipinski definition) is 4. The molecule has 2 amide bonds. The van der Waals surface area contributed by atoms with Crippen molar-refractivity contribution in [1.82, 2.24) is 10.2 Å². The van der Waals surface area contributed by atoms with Gasteiger partial charge in [-0.25, -0.2) is 9.59 Å². The first kappa shape index (κ1) is 15.6. The average Bonchev–Trinajstić information content (AvgIpc) is 2.86. The summed E-state index contributed by atoms with van der Waals surface area (Å²) in [5.41, 5.74) is 0.531. The Bertz CT molecular complexity index is 599. The molecular weight excluding hydrogens is 288 g/mol. The van der Waals surface area contributed by atoms with E-state index in [0.717, 1.165) is 10.5 Å². The van der Waals surface area contributed by atoms with Crippen molar-refractivity contribution in [2.24, 2.45) is 0 Å². The molecule has 7 heteroatoms. The third-order valence-electron chi connectivity index (χ3n) is 3.28. The zero-order valence-corrected chi connectivity index (χ0v) is 11.8. The van der Waals surface area contributed by atoms with Crippen LogP contribution in [0.5, 0.6) is 0 Å². The van der Waals surface area contributed by atoms with Gasteiger partial charge in [-0.1, -0.05) is 36.9 Å². The third kappa shape index (κ3) is 3.63. The first-order valence-corrected chi connectivity index (χ1v) is 6.70. The fourth-order valence-electron chi connectivity index (χ4n) is 2.10. The number of hydrogen-bond donors (Lipinski definition) is 2. The molecule has 0 saturated carbocycles. The van der Waals surface area contributed by atoms with Crippen LogP contribution in [-0.4, -0.2) is 40.6 Å². The number of carboxylic acids is 1. The molecule has 22 heavy (non-hydrogen) atoms. The number of amides is 2. The Morgan fingerprint density at radius 1 is 1.36 bits per heavy atom. The van der Waals surface area contributed by atoms with Crippen molar-refractivity contribution in [3.63, 3.8) is 0 Å². The number of nitrogens with zero attached hydrogens (tertiary/aromatic N) is 1. The van der Waals surface area contributed by atoms with Gasteiger partial charge in [0.25, 0.3) is 0 Å². The number of nitrogens with one attached hydrogen (secondary N) is 1. The van der Waals surface area contributed by atoms with Gasteiger partial charge < -0.3 is 20.1 Å². The van der Waals surface area contributed by atoms with E-state index in [0.29, 0.717) is 6.42 Å². The van der Waals surface area contributed by atoms with E-state index < -0.39 is 24.0 Å². The fraction of sp³-hybridized carbons (Fsp3) is 0.267. The summed E-state index contributed by atoms with van der Waals surface area (Å²) in [6, 6.07) is 8.34. The number of aliphatic carboxylic acids is 1. The van der Waals surface area contributed by atoms with Gasteiger partial charge in [0.15, 0.2) is 0 Å². The van der Waals surface area contributed by atoms with Crippen LogP contribution < -0.4 is 5.32 Å². The molecule has 7 nitrogen and oxygen atoms in total. The van der Waals surface area contributed by atoms with Gasteiger partial charge in [-0.3, -0.25) is 4.79 Å². The topological polar surface area (TPSA) is 95.9 Å². The van der Waals surface area contributed by atoms with Gasteiger partial charge in [0, 0.05) is 6.54 Å². The number of carboxylic acid groups (broad SMARTS) is 1. The maximum Gasteiger partial charge on any atom is 0.408 e. The molecule has 2 N–H and O–H groups in total. The number of benzene rings is 1. The molecule has 1 atom stereocenters. The summed E-state index contributed by atoms with van der Waals surface area (Å²) < 4.78 is 5.02. The van der Waals surface area contributed by atoms with E-state index >= 15 is 0 Å². The van der Waals surface area contributed by atoms with Crippen LogP contribution in [0.3, 0.4) is 0 Å². The molecule has 0 radical (unpaired) electrons. The van der Waals surface area contributed by atoms with E-state index in [-0.39, 0.29) is 18.8 Å². The lowest BCUT2D eigenvalue weighted by Crippen LogP contribution is -2.42. The fourth-order valence-corrected chi connectivity index (χ4v) is 2.10. The Hall–Kier alpha value is -2.83. The van der Waals surface area contributed by atoms with Crippen molar-refractivity contribution < 1.29 is 24.2 Å². The first-order chi connectivity index (χ1) is 10.5. The van der Waals surface area contributed by atoms with Crippen LogP contribution >= 0.6 is 0 Å². The highest BCUT2D eigenvalue weighted by atomic mass is 16.5. The maximum atomic E-state index is 12.0. The normalized spacial score (nSPS) is 17.2. The summed E-state index contributed by atoms with van der Waals surface area (Å²) in [6.07, 6.45) is -0.407. The first-order valence-electron chi connectivity index (χ1n) is 6.70. The minimum absolute atomic E-state index is 0.0964. The highest BCUT2D eigenvalue weighted by Gasteiger charge is 2.36. The van der Waals surface area contributed by atoms with Crippen LogP contribution in [0.15, 0.2) is 42.6 Å². The average molecular weight is 304 g/mol. The van der Waals surface area contributed by atoms with Crippen molar-refractivity contribution >= 4 is 18.0 Å². The molecule has 116 valence electrons. The molecule has 1 aliphatic heterocycles. The largest absolute Gasteiger partial charge is 0.477 e. The Labute approximate surface area is 127 Å². The van der Waals surface area contributed by atoms with Gasteiger partial charge in [-0.15, -0.1) is 0 Å². The quantitative estimate of drug-likeness (QED) is 0.794. The predicted molar refractivity (Wildman–Crippen MR) is 76.7 cm³/mol. The molecule has 1 aromatic carbocycles. The van der Waals surface area contributed by atoms with Gasteiger partial charge in [0.2, 0.25) is 5.91 Å². The molecule has 2 rings (SSSR count). The number of carbonyl (C=O) groups is 3. The zero-order chi connectivity index (χ0) is 16.1. The second-order valence-corrected chi connectivity index (χ2v) is 4.79. The molecule has 1 unspecified atom stereocenters. The summed E-state index contributed by atoms with van der Waals surface area (Å²) in [4.78, 5) is 35.5. The van der Waals surface area contributed by atoms with Crippen molar-refractivity contribution in [3.05, 3.63) is 48.2 Å². The lowest BCUT2D eigenvalue weighted by atomic mass is 10.2. The molecule has 1 heterocycles. The van der Waals surface area contributed by atoms with Crippen LogP contribution in [-0.2, 0) is 20.9 Å². The summed E-state index contributed by atoms with van der Waals surface area (Å²) in [7, 11) is 0. The number of likely N-dealkylation sites (tertiary alicyclic amines) is 1. The van der Waals surface area contributed by atoms with Crippen molar-refractivity contribution in [2.45, 2.75) is 19.1 Å². The zero-order valence-electron chi connectivity index (χ0n) is 11.8. The third-order valence-corrected chi connectivity index (χ3v) is 3.28. The second-order valence-electron chi connectivity index (χ2n) is 4.79. The summed E-state index contributed by atoms with van der Waals surface area (Å²) in [5.74, 6) is -1.76. The molecule has 1 aromatic rings. The molecule has 1 aliphatic rings. The van der Waals surface area contributed by atoms with Gasteiger partial charge in [0.1, 0.15) is 18.3 Å². The van der Waals surface area contributed by atoms with E-state index in [9.17, 15) is 14.4 Å². The minimum atomic E-state index is -1.26. The molecule has 0 bridgehead atoms. The Morgan fingerprint density at radius 2 is 2.05 bits per heavy atom. The van der Waals surface area contributed by atoms with Crippen LogP contribution in [0.25, 0.3) is 0 Å². The van der Waals surface area contributed by atoms with E-state index in [4.69, 9.17) is 9.84 Å². The second kappa shape index (κ2) is 6.75. The maximum absolute atomic E-state index is 12.0. The van der Waals surface area contributed by atoms with Crippen LogP contribution in [0.2, 0.25) is 0 Å². The van der Waals surface area contributed by atoms with Crippen LogP contribution in [0.1, 0.15) is 12.0 Å². The lowest BCUT2D eigenvalue weighted by molar-refractivity contribution is -0.138. The standard InChI is InChI=1S/C15H16N2O5/c1-10(14(19)20)17-8-7-12(13(17)18)16-15(21)22-9-11-5-3-2-4-6-11/h2-6,12H,1,7-9H2,(H,16,21)(H,19,20). The number of carbonyl (C=O) groups excluding carboxylic acids is 2. The molecule has 0 spiro atoms.